The van der Waals surface area contributed by atoms with Gasteiger partial charge in [-0.2, -0.15) is 4.98 Å². The molecule has 1 rings (SSSR count). The third kappa shape index (κ3) is 1.73. The predicted octanol–water partition coefficient (Wildman–Crippen LogP) is 1.23. The van der Waals surface area contributed by atoms with Crippen molar-refractivity contribution < 1.29 is 14.6 Å². The first-order chi connectivity index (χ1) is 4.68. The van der Waals surface area contributed by atoms with Gasteiger partial charge < -0.3 is 14.8 Å². The molecule has 0 unspecified atom stereocenters. The number of H-pyrrole nitrogens is 1. The Labute approximate surface area is 64.2 Å². The van der Waals surface area contributed by atoms with Crippen LogP contribution in [0.4, 0.5) is 4.79 Å². The minimum absolute atomic E-state index is 0.0272. The molecule has 0 amide bonds. The van der Waals surface area contributed by atoms with E-state index in [9.17, 15) is 4.79 Å². The quantitative estimate of drug-likeness (QED) is 0.679. The molecule has 0 aromatic carbocycles. The molecular weight excluding hydrogens is 204 g/mol. The lowest BCUT2D eigenvalue weighted by atomic mass is 10.8. The standard InChI is InChI=1S/C4H3BrN2O3/c5-3-6-1-2(7-3)10-4(8)9/h1H,(H,6,7)(H,8,9). The molecule has 1 aromatic rings. The van der Waals surface area contributed by atoms with Gasteiger partial charge in [-0.25, -0.2) is 4.79 Å². The number of halogens is 1. The summed E-state index contributed by atoms with van der Waals surface area (Å²) in [7, 11) is 0. The van der Waals surface area contributed by atoms with Gasteiger partial charge in [0.05, 0.1) is 6.20 Å². The van der Waals surface area contributed by atoms with Crippen molar-refractivity contribution in [1.29, 1.82) is 0 Å². The molecule has 0 saturated heterocycles. The molecule has 0 fully saturated rings. The molecule has 0 atom stereocenters. The maximum absolute atomic E-state index is 9.89. The first-order valence-electron chi connectivity index (χ1n) is 2.30. The lowest BCUT2D eigenvalue weighted by molar-refractivity contribution is 0.142. The average Bonchev–Trinajstić information content (AvgIpc) is 2.13. The van der Waals surface area contributed by atoms with Gasteiger partial charge in [0.1, 0.15) is 0 Å². The van der Waals surface area contributed by atoms with Crippen molar-refractivity contribution in [3.63, 3.8) is 0 Å². The third-order valence-electron chi connectivity index (χ3n) is 0.715. The van der Waals surface area contributed by atoms with E-state index in [0.29, 0.717) is 4.73 Å². The largest absolute Gasteiger partial charge is 0.512 e. The number of carbonyl (C=O) groups is 1. The van der Waals surface area contributed by atoms with Gasteiger partial charge in [-0.1, -0.05) is 0 Å². The van der Waals surface area contributed by atoms with Gasteiger partial charge in [0.2, 0.25) is 5.88 Å². The molecule has 0 aliphatic heterocycles. The molecule has 54 valence electrons. The van der Waals surface area contributed by atoms with Crippen LogP contribution in [0.5, 0.6) is 5.88 Å². The van der Waals surface area contributed by atoms with E-state index in [1.165, 1.54) is 6.20 Å². The SMILES string of the molecule is O=C(O)Oc1c[nH]c(Br)n1. The van der Waals surface area contributed by atoms with Crippen LogP contribution in [0.3, 0.4) is 0 Å². The molecule has 1 heterocycles. The molecule has 5 nitrogen and oxygen atoms in total. The van der Waals surface area contributed by atoms with Crippen LogP contribution in [0.15, 0.2) is 10.9 Å². The zero-order chi connectivity index (χ0) is 7.56. The fourth-order valence-electron chi connectivity index (χ4n) is 0.424. The molecule has 0 bridgehead atoms. The number of carboxylic acid groups (broad SMARTS) is 1. The summed E-state index contributed by atoms with van der Waals surface area (Å²) in [6.45, 7) is 0. The highest BCUT2D eigenvalue weighted by Gasteiger charge is 2.02. The molecule has 10 heavy (non-hydrogen) atoms. The van der Waals surface area contributed by atoms with Crippen molar-refractivity contribution >= 4 is 22.1 Å². The van der Waals surface area contributed by atoms with E-state index in [2.05, 4.69) is 30.6 Å². The van der Waals surface area contributed by atoms with Gasteiger partial charge in [-0.05, 0) is 15.9 Å². The monoisotopic (exact) mass is 206 g/mol. The van der Waals surface area contributed by atoms with Crippen LogP contribution in [0.1, 0.15) is 0 Å². The Morgan fingerprint density at radius 1 is 1.90 bits per heavy atom. The highest BCUT2D eigenvalue weighted by atomic mass is 79.9. The number of rotatable bonds is 1. The van der Waals surface area contributed by atoms with Gasteiger partial charge in [-0.15, -0.1) is 0 Å². The summed E-state index contributed by atoms with van der Waals surface area (Å²) in [5.74, 6) is 0.0272. The van der Waals surface area contributed by atoms with E-state index in [1.54, 1.807) is 0 Å². The van der Waals surface area contributed by atoms with E-state index in [-0.39, 0.29) is 5.88 Å². The van der Waals surface area contributed by atoms with Gasteiger partial charge in [0.25, 0.3) is 0 Å². The predicted molar refractivity (Wildman–Crippen MR) is 34.9 cm³/mol. The number of ether oxygens (including phenoxy) is 1. The van der Waals surface area contributed by atoms with Crippen LogP contribution in [0, 0.1) is 0 Å². The molecule has 1 aromatic heterocycles. The second-order valence-electron chi connectivity index (χ2n) is 1.40. The molecule has 0 saturated carbocycles. The van der Waals surface area contributed by atoms with Crippen LogP contribution in [-0.4, -0.2) is 21.2 Å². The Bertz CT molecular complexity index is 246. The first kappa shape index (κ1) is 7.07. The van der Waals surface area contributed by atoms with Gasteiger partial charge in [0.15, 0.2) is 4.73 Å². The van der Waals surface area contributed by atoms with Crippen molar-refractivity contribution in [2.24, 2.45) is 0 Å². The first-order valence-corrected chi connectivity index (χ1v) is 3.09. The Hall–Kier alpha value is -1.04. The fraction of sp³-hybridized carbons (Fsp3) is 0. The average molecular weight is 207 g/mol. The molecular formula is C4H3BrN2O3. The summed E-state index contributed by atoms with van der Waals surface area (Å²) in [6, 6.07) is 0. The highest BCUT2D eigenvalue weighted by molar-refractivity contribution is 9.10. The number of nitrogens with zero attached hydrogens (tertiary/aromatic N) is 1. The van der Waals surface area contributed by atoms with E-state index < -0.39 is 6.16 Å². The highest BCUT2D eigenvalue weighted by Crippen LogP contribution is 2.10. The van der Waals surface area contributed by atoms with Crippen LogP contribution in [-0.2, 0) is 0 Å². The summed E-state index contributed by atoms with van der Waals surface area (Å²) in [4.78, 5) is 16.1. The van der Waals surface area contributed by atoms with Crippen molar-refractivity contribution in [3.05, 3.63) is 10.9 Å². The second-order valence-corrected chi connectivity index (χ2v) is 2.15. The lowest BCUT2D eigenvalue weighted by Crippen LogP contribution is -2.02. The summed E-state index contributed by atoms with van der Waals surface area (Å²) in [5, 5.41) is 8.08. The van der Waals surface area contributed by atoms with E-state index in [1.807, 2.05) is 0 Å². The van der Waals surface area contributed by atoms with Gasteiger partial charge >= 0.3 is 6.16 Å². The number of aromatic nitrogens is 2. The third-order valence-corrected chi connectivity index (χ3v) is 1.12. The Kier molecular flexibility index (Phi) is 1.91. The maximum atomic E-state index is 9.89. The Morgan fingerprint density at radius 2 is 2.60 bits per heavy atom. The van der Waals surface area contributed by atoms with E-state index in [4.69, 9.17) is 5.11 Å². The number of hydrogen-bond acceptors (Lipinski definition) is 3. The van der Waals surface area contributed by atoms with Crippen LogP contribution >= 0.6 is 15.9 Å². The van der Waals surface area contributed by atoms with Gasteiger partial charge in [-0.3, -0.25) is 0 Å². The molecule has 0 aliphatic rings. The van der Waals surface area contributed by atoms with Crippen LogP contribution in [0.2, 0.25) is 0 Å². The zero-order valence-corrected chi connectivity index (χ0v) is 6.25. The normalized spacial score (nSPS) is 9.30. The van der Waals surface area contributed by atoms with Crippen LogP contribution in [0.25, 0.3) is 0 Å². The van der Waals surface area contributed by atoms with E-state index in [0.717, 1.165) is 0 Å². The number of aromatic amines is 1. The molecule has 0 spiro atoms. The lowest BCUT2D eigenvalue weighted by Gasteiger charge is -1.88. The molecule has 6 heteroatoms. The summed E-state index contributed by atoms with van der Waals surface area (Å²) < 4.78 is 4.61. The fourth-order valence-corrected chi connectivity index (χ4v) is 0.714. The van der Waals surface area contributed by atoms with Crippen molar-refractivity contribution in [2.45, 2.75) is 0 Å². The number of hydrogen-bond donors (Lipinski definition) is 2. The van der Waals surface area contributed by atoms with Crippen LogP contribution < -0.4 is 4.74 Å². The van der Waals surface area contributed by atoms with Crippen molar-refractivity contribution in [3.8, 4) is 5.88 Å². The Balaban J connectivity index is 2.67. The molecule has 2 N–H and O–H groups in total. The molecule has 0 aliphatic carbocycles. The smallest absolute Gasteiger partial charge is 0.449 e. The number of imidazole rings is 1. The minimum Gasteiger partial charge on any atom is -0.449 e. The second kappa shape index (κ2) is 2.70. The maximum Gasteiger partial charge on any atom is 0.512 e. The summed E-state index contributed by atoms with van der Waals surface area (Å²) >= 11 is 2.98. The van der Waals surface area contributed by atoms with E-state index >= 15 is 0 Å². The zero-order valence-electron chi connectivity index (χ0n) is 4.67. The summed E-state index contributed by atoms with van der Waals surface area (Å²) in [6.07, 6.45) is -0.0444. The molecule has 0 radical (unpaired) electrons. The summed E-state index contributed by atoms with van der Waals surface area (Å²) in [5.41, 5.74) is 0. The number of nitrogens with one attached hydrogen (secondary N) is 1. The minimum atomic E-state index is -1.38. The van der Waals surface area contributed by atoms with Crippen molar-refractivity contribution in [1.82, 2.24) is 9.97 Å². The topological polar surface area (TPSA) is 75.2 Å². The van der Waals surface area contributed by atoms with Crippen molar-refractivity contribution in [2.75, 3.05) is 0 Å². The Morgan fingerprint density at radius 3 is 3.00 bits per heavy atom. The van der Waals surface area contributed by atoms with Gasteiger partial charge in [0, 0.05) is 0 Å².